The zero-order valence-corrected chi connectivity index (χ0v) is 8.15. The minimum Gasteiger partial charge on any atom is -0.481 e. The molecule has 0 saturated heterocycles. The van der Waals surface area contributed by atoms with Gasteiger partial charge < -0.3 is 14.7 Å². The van der Waals surface area contributed by atoms with Crippen LogP contribution in [0.15, 0.2) is 0 Å². The van der Waals surface area contributed by atoms with E-state index in [1.165, 1.54) is 0 Å². The van der Waals surface area contributed by atoms with Gasteiger partial charge in [0.15, 0.2) is 6.04 Å². The molecule has 0 saturated carbocycles. The number of quaternary nitrogens is 1. The molecule has 0 aromatic heterocycles. The van der Waals surface area contributed by atoms with Crippen molar-refractivity contribution in [2.75, 3.05) is 21.1 Å². The Kier molecular flexibility index (Phi) is 3.87. The molecule has 0 aliphatic carbocycles. The molecule has 0 aromatic rings. The zero-order chi connectivity index (χ0) is 10.6. The molecular formula is C8H16NO4+. The van der Waals surface area contributed by atoms with Crippen molar-refractivity contribution in [3.05, 3.63) is 0 Å². The number of hydrogen-bond acceptors (Lipinski definition) is 2. The van der Waals surface area contributed by atoms with Crippen molar-refractivity contribution >= 4 is 11.9 Å². The lowest BCUT2D eigenvalue weighted by molar-refractivity contribution is -0.887. The predicted molar refractivity (Wildman–Crippen MR) is 46.3 cm³/mol. The van der Waals surface area contributed by atoms with Gasteiger partial charge in [0.2, 0.25) is 0 Å². The molecule has 0 aliphatic rings. The highest BCUT2D eigenvalue weighted by Crippen LogP contribution is 2.10. The molecule has 0 rings (SSSR count). The minimum atomic E-state index is -0.959. The maximum atomic E-state index is 10.8. The molecule has 13 heavy (non-hydrogen) atoms. The smallest absolute Gasteiger partial charge is 0.362 e. The van der Waals surface area contributed by atoms with Crippen LogP contribution in [-0.4, -0.2) is 53.8 Å². The number of likely N-dealkylation sites (N-methyl/N-ethyl adjacent to an activating group) is 1. The number of hydrogen-bond donors (Lipinski definition) is 2. The van der Waals surface area contributed by atoms with E-state index in [1.807, 2.05) is 0 Å². The fraction of sp³-hybridized carbons (Fsp3) is 0.750. The quantitative estimate of drug-likeness (QED) is 0.599. The van der Waals surface area contributed by atoms with E-state index in [0.717, 1.165) is 0 Å². The van der Waals surface area contributed by atoms with Gasteiger partial charge in [0.25, 0.3) is 0 Å². The van der Waals surface area contributed by atoms with Crippen LogP contribution < -0.4 is 0 Å². The van der Waals surface area contributed by atoms with Gasteiger partial charge in [0.1, 0.15) is 0 Å². The SMILES string of the molecule is C[N+](C)(C)C(CCC(=O)O)C(=O)O. The van der Waals surface area contributed by atoms with E-state index in [4.69, 9.17) is 10.2 Å². The summed E-state index contributed by atoms with van der Waals surface area (Å²) >= 11 is 0. The number of carbonyl (C=O) groups is 2. The standard InChI is InChI=1S/C8H15NO4/c1-9(2,3)6(8(12)13)4-5-7(10)11/h6H,4-5H2,1-3H3,(H-,10,11,12,13)/p+1. The molecule has 2 N–H and O–H groups in total. The third kappa shape index (κ3) is 4.47. The summed E-state index contributed by atoms with van der Waals surface area (Å²) in [5, 5.41) is 17.2. The highest BCUT2D eigenvalue weighted by molar-refractivity contribution is 5.73. The van der Waals surface area contributed by atoms with Crippen LogP contribution in [0.1, 0.15) is 12.8 Å². The monoisotopic (exact) mass is 190 g/mol. The lowest BCUT2D eigenvalue weighted by atomic mass is 10.1. The van der Waals surface area contributed by atoms with Gasteiger partial charge in [-0.25, -0.2) is 4.79 Å². The Balaban J connectivity index is 4.28. The molecule has 0 aromatic carbocycles. The first-order valence-electron chi connectivity index (χ1n) is 4.01. The van der Waals surface area contributed by atoms with Gasteiger partial charge in [-0.3, -0.25) is 4.79 Å². The molecule has 5 nitrogen and oxygen atoms in total. The van der Waals surface area contributed by atoms with E-state index in [2.05, 4.69) is 0 Å². The summed E-state index contributed by atoms with van der Waals surface area (Å²) in [4.78, 5) is 21.0. The Hall–Kier alpha value is -1.10. The van der Waals surface area contributed by atoms with Crippen molar-refractivity contribution < 1.29 is 24.3 Å². The molecule has 5 heteroatoms. The maximum Gasteiger partial charge on any atom is 0.362 e. The van der Waals surface area contributed by atoms with E-state index in [1.54, 1.807) is 21.1 Å². The van der Waals surface area contributed by atoms with Crippen LogP contribution >= 0.6 is 0 Å². The summed E-state index contributed by atoms with van der Waals surface area (Å²) in [5.41, 5.74) is 0. The van der Waals surface area contributed by atoms with Crippen molar-refractivity contribution in [3.8, 4) is 0 Å². The Morgan fingerprint density at radius 1 is 1.23 bits per heavy atom. The van der Waals surface area contributed by atoms with Gasteiger partial charge in [-0.15, -0.1) is 0 Å². The highest BCUT2D eigenvalue weighted by atomic mass is 16.4. The second kappa shape index (κ2) is 4.23. The summed E-state index contributed by atoms with van der Waals surface area (Å²) < 4.78 is 0.239. The highest BCUT2D eigenvalue weighted by Gasteiger charge is 2.31. The summed E-state index contributed by atoms with van der Waals surface area (Å²) in [7, 11) is 5.21. The molecule has 0 fully saturated rings. The van der Waals surface area contributed by atoms with E-state index < -0.39 is 18.0 Å². The number of carboxylic acid groups (broad SMARTS) is 2. The third-order valence-electron chi connectivity index (χ3n) is 1.85. The average Bonchev–Trinajstić information content (AvgIpc) is 1.81. The number of aliphatic carboxylic acids is 2. The second-order valence-electron chi connectivity index (χ2n) is 3.90. The number of carboxylic acids is 2. The molecule has 0 radical (unpaired) electrons. The fourth-order valence-electron chi connectivity index (χ4n) is 1.10. The van der Waals surface area contributed by atoms with Gasteiger partial charge in [-0.05, 0) is 0 Å². The summed E-state index contributed by atoms with van der Waals surface area (Å²) in [6, 6.07) is -0.656. The Morgan fingerprint density at radius 3 is 1.92 bits per heavy atom. The molecule has 0 aliphatic heterocycles. The fourth-order valence-corrected chi connectivity index (χ4v) is 1.10. The topological polar surface area (TPSA) is 74.6 Å². The van der Waals surface area contributed by atoms with Crippen molar-refractivity contribution in [1.82, 2.24) is 0 Å². The molecule has 0 spiro atoms. The van der Waals surface area contributed by atoms with E-state index >= 15 is 0 Å². The van der Waals surface area contributed by atoms with E-state index in [-0.39, 0.29) is 17.3 Å². The first kappa shape index (κ1) is 11.9. The molecule has 0 heterocycles. The molecule has 0 bridgehead atoms. The van der Waals surface area contributed by atoms with Crippen molar-refractivity contribution in [3.63, 3.8) is 0 Å². The van der Waals surface area contributed by atoms with Gasteiger partial charge in [0.05, 0.1) is 27.6 Å². The largest absolute Gasteiger partial charge is 0.481 e. The van der Waals surface area contributed by atoms with Crippen molar-refractivity contribution in [1.29, 1.82) is 0 Å². The zero-order valence-electron chi connectivity index (χ0n) is 8.15. The lowest BCUT2D eigenvalue weighted by Crippen LogP contribution is -2.49. The molecular weight excluding hydrogens is 174 g/mol. The number of nitrogens with zero attached hydrogens (tertiary/aromatic N) is 1. The third-order valence-corrected chi connectivity index (χ3v) is 1.85. The van der Waals surface area contributed by atoms with Crippen LogP contribution in [0, 0.1) is 0 Å². The molecule has 0 amide bonds. The van der Waals surface area contributed by atoms with Crippen LogP contribution in [-0.2, 0) is 9.59 Å². The summed E-state index contributed by atoms with van der Waals surface area (Å²) in [5.74, 6) is -1.91. The van der Waals surface area contributed by atoms with Crippen LogP contribution in [0.5, 0.6) is 0 Å². The van der Waals surface area contributed by atoms with Gasteiger partial charge >= 0.3 is 11.9 Å². The van der Waals surface area contributed by atoms with Gasteiger partial charge in [-0.2, -0.15) is 0 Å². The van der Waals surface area contributed by atoms with Crippen molar-refractivity contribution in [2.24, 2.45) is 0 Å². The van der Waals surface area contributed by atoms with Crippen LogP contribution in [0.3, 0.4) is 0 Å². The summed E-state index contributed by atoms with van der Waals surface area (Å²) in [6.07, 6.45) is 0.0562. The molecule has 1 atom stereocenters. The maximum absolute atomic E-state index is 10.8. The van der Waals surface area contributed by atoms with E-state index in [9.17, 15) is 9.59 Å². The minimum absolute atomic E-state index is 0.105. The van der Waals surface area contributed by atoms with Crippen LogP contribution in [0.2, 0.25) is 0 Å². The number of rotatable bonds is 5. The Bertz CT molecular complexity index is 207. The lowest BCUT2D eigenvalue weighted by Gasteiger charge is -2.30. The Labute approximate surface area is 77.2 Å². The van der Waals surface area contributed by atoms with Gasteiger partial charge in [0, 0.05) is 6.42 Å². The normalized spacial score (nSPS) is 13.8. The van der Waals surface area contributed by atoms with Crippen LogP contribution in [0.4, 0.5) is 0 Å². The Morgan fingerprint density at radius 2 is 1.69 bits per heavy atom. The van der Waals surface area contributed by atoms with Crippen molar-refractivity contribution in [2.45, 2.75) is 18.9 Å². The average molecular weight is 190 g/mol. The van der Waals surface area contributed by atoms with Crippen LogP contribution in [0.25, 0.3) is 0 Å². The predicted octanol–water partition coefficient (Wildman–Crippen LogP) is 0.0106. The first-order valence-corrected chi connectivity index (χ1v) is 4.01. The van der Waals surface area contributed by atoms with E-state index in [0.29, 0.717) is 0 Å². The summed E-state index contributed by atoms with van der Waals surface area (Å²) in [6.45, 7) is 0. The molecule has 76 valence electrons. The second-order valence-corrected chi connectivity index (χ2v) is 3.90. The molecule has 1 unspecified atom stereocenters. The van der Waals surface area contributed by atoms with Gasteiger partial charge in [-0.1, -0.05) is 0 Å². The first-order chi connectivity index (χ1) is 5.75.